The van der Waals surface area contributed by atoms with Gasteiger partial charge in [0.1, 0.15) is 11.3 Å². The Hall–Kier alpha value is -4.40. The van der Waals surface area contributed by atoms with Crippen LogP contribution in [0.2, 0.25) is 5.02 Å². The monoisotopic (exact) mass is 578 g/mol. The van der Waals surface area contributed by atoms with E-state index in [2.05, 4.69) is 30.6 Å². The Morgan fingerprint density at radius 3 is 2.57 bits per heavy atom. The van der Waals surface area contributed by atoms with Gasteiger partial charge in [-0.25, -0.2) is 9.97 Å². The van der Waals surface area contributed by atoms with Crippen LogP contribution in [-0.4, -0.2) is 32.3 Å². The molecule has 0 amide bonds. The number of pyridine rings is 2. The number of anilines is 2. The first-order valence-corrected chi connectivity index (χ1v) is 14.4. The maximum absolute atomic E-state index is 12.9. The maximum atomic E-state index is 12.9. The molecule has 1 saturated carbocycles. The highest BCUT2D eigenvalue weighted by molar-refractivity contribution is 6.36. The molecule has 8 nitrogen and oxygen atoms in total. The Labute approximate surface area is 248 Å². The lowest BCUT2D eigenvalue weighted by Gasteiger charge is -2.16. The highest BCUT2D eigenvalue weighted by atomic mass is 35.5. The summed E-state index contributed by atoms with van der Waals surface area (Å²) in [4.78, 5) is 41.0. The Morgan fingerprint density at radius 1 is 0.976 bits per heavy atom. The van der Waals surface area contributed by atoms with Crippen LogP contribution in [0.5, 0.6) is 0 Å². The van der Waals surface area contributed by atoms with E-state index in [1.165, 1.54) is 0 Å². The molecule has 9 heteroatoms. The van der Waals surface area contributed by atoms with Gasteiger partial charge >= 0.3 is 0 Å². The molecule has 0 bridgehead atoms. The third-order valence-corrected chi connectivity index (χ3v) is 8.25. The number of halogens is 1. The number of ketones is 1. The molecule has 0 aliphatic heterocycles. The average Bonchev–Trinajstić information content (AvgIpc) is 3.40. The number of aromatic amines is 1. The molecule has 42 heavy (non-hydrogen) atoms. The van der Waals surface area contributed by atoms with Gasteiger partial charge in [0, 0.05) is 65.5 Å². The number of benzene rings is 2. The number of carbonyl (C=O) groups excluding carboxylic acids is 1. The van der Waals surface area contributed by atoms with Gasteiger partial charge in [-0.3, -0.25) is 14.6 Å². The van der Waals surface area contributed by atoms with E-state index >= 15 is 0 Å². The first-order valence-electron chi connectivity index (χ1n) is 14.1. The number of hydrogen-bond acceptors (Lipinski definition) is 7. The number of H-pyrrole nitrogens is 1. The van der Waals surface area contributed by atoms with E-state index in [0.29, 0.717) is 58.7 Å². The summed E-state index contributed by atoms with van der Waals surface area (Å²) in [6.07, 6.45) is 5.54. The van der Waals surface area contributed by atoms with E-state index in [1.54, 1.807) is 12.4 Å². The summed E-state index contributed by atoms with van der Waals surface area (Å²) in [6, 6.07) is 17.5. The van der Waals surface area contributed by atoms with Gasteiger partial charge in [-0.1, -0.05) is 48.0 Å². The van der Waals surface area contributed by atoms with Gasteiger partial charge in [-0.15, -0.1) is 0 Å². The van der Waals surface area contributed by atoms with Crippen molar-refractivity contribution in [2.24, 2.45) is 5.92 Å². The second-order valence-corrected chi connectivity index (χ2v) is 11.2. The minimum Gasteiger partial charge on any atom is -0.338 e. The van der Waals surface area contributed by atoms with Crippen molar-refractivity contribution in [3.8, 4) is 22.4 Å². The Morgan fingerprint density at radius 2 is 1.76 bits per heavy atom. The van der Waals surface area contributed by atoms with Crippen LogP contribution in [0.4, 0.5) is 11.5 Å². The molecule has 0 spiro atoms. The number of hydrogen-bond donors (Lipinski definition) is 3. The van der Waals surface area contributed by atoms with Gasteiger partial charge in [0.25, 0.3) is 5.56 Å². The highest BCUT2D eigenvalue weighted by Crippen LogP contribution is 2.39. The fraction of sp³-hybridized carbons (Fsp3) is 0.242. The van der Waals surface area contributed by atoms with E-state index in [4.69, 9.17) is 11.6 Å². The molecule has 5 aromatic rings. The van der Waals surface area contributed by atoms with Crippen molar-refractivity contribution >= 4 is 39.9 Å². The molecule has 0 radical (unpaired) electrons. The predicted octanol–water partition coefficient (Wildman–Crippen LogP) is 6.52. The molecule has 0 saturated heterocycles. The summed E-state index contributed by atoms with van der Waals surface area (Å²) >= 11 is 7.01. The van der Waals surface area contributed by atoms with E-state index in [9.17, 15) is 9.59 Å². The average molecular weight is 579 g/mol. The van der Waals surface area contributed by atoms with Crippen molar-refractivity contribution in [2.45, 2.75) is 39.7 Å². The first-order chi connectivity index (χ1) is 20.4. The Bertz CT molecular complexity index is 1870. The molecular weight excluding hydrogens is 548 g/mol. The minimum atomic E-state index is -0.160. The first kappa shape index (κ1) is 27.8. The molecule has 6 rings (SSSR count). The third kappa shape index (κ3) is 5.68. The number of rotatable bonds is 8. The zero-order valence-corrected chi connectivity index (χ0v) is 24.3. The second-order valence-electron chi connectivity index (χ2n) is 10.8. The zero-order valence-electron chi connectivity index (χ0n) is 23.5. The third-order valence-electron chi connectivity index (χ3n) is 7.84. The molecule has 1 aliphatic carbocycles. The second kappa shape index (κ2) is 11.8. The summed E-state index contributed by atoms with van der Waals surface area (Å²) in [7, 11) is 0. The molecular formula is C33H31ClN6O2. The van der Waals surface area contributed by atoms with Gasteiger partial charge in [-0.05, 0) is 62.1 Å². The topological polar surface area (TPSA) is 113 Å². The van der Waals surface area contributed by atoms with Crippen LogP contribution in [0.1, 0.15) is 36.1 Å². The largest absolute Gasteiger partial charge is 0.338 e. The van der Waals surface area contributed by atoms with Crippen molar-refractivity contribution in [1.29, 1.82) is 0 Å². The highest BCUT2D eigenvalue weighted by Gasteiger charge is 2.21. The molecule has 2 aromatic carbocycles. The molecule has 1 aliphatic rings. The summed E-state index contributed by atoms with van der Waals surface area (Å²) in [5, 5.41) is 7.34. The van der Waals surface area contributed by atoms with Crippen molar-refractivity contribution in [2.75, 3.05) is 11.9 Å². The van der Waals surface area contributed by atoms with Crippen LogP contribution in [0.3, 0.4) is 0 Å². The zero-order chi connectivity index (χ0) is 29.2. The van der Waals surface area contributed by atoms with Crippen molar-refractivity contribution in [1.82, 2.24) is 25.3 Å². The minimum absolute atomic E-state index is 0.160. The Kier molecular flexibility index (Phi) is 7.82. The van der Waals surface area contributed by atoms with Gasteiger partial charge in [0.15, 0.2) is 5.82 Å². The maximum Gasteiger partial charge on any atom is 0.252 e. The lowest BCUT2D eigenvalue weighted by Crippen LogP contribution is -2.25. The van der Waals surface area contributed by atoms with E-state index < -0.39 is 0 Å². The summed E-state index contributed by atoms with van der Waals surface area (Å²) in [5.74, 6) is 1.32. The van der Waals surface area contributed by atoms with E-state index in [1.807, 2.05) is 68.4 Å². The van der Waals surface area contributed by atoms with Crippen LogP contribution in [0.15, 0.2) is 71.8 Å². The molecule has 3 N–H and O–H groups in total. The van der Waals surface area contributed by atoms with Crippen LogP contribution in [0, 0.1) is 19.8 Å². The quantitative estimate of drug-likeness (QED) is 0.192. The number of Topliss-reactive ketones (excluding diaryl/α,β-unsaturated/α-hetero) is 1. The normalized spacial score (nSPS) is 14.9. The number of carbonyl (C=O) groups is 1. The summed E-state index contributed by atoms with van der Waals surface area (Å²) in [5.41, 5.74) is 7.89. The number of aryl methyl sites for hydroxylation is 1. The number of nitrogens with one attached hydrogen (secondary N) is 3. The molecule has 1 atom stereocenters. The van der Waals surface area contributed by atoms with E-state index in [-0.39, 0.29) is 5.56 Å². The van der Waals surface area contributed by atoms with Crippen LogP contribution >= 0.6 is 11.6 Å². The molecule has 212 valence electrons. The van der Waals surface area contributed by atoms with Crippen molar-refractivity contribution < 1.29 is 4.79 Å². The summed E-state index contributed by atoms with van der Waals surface area (Å²) in [6.45, 7) is 5.15. The number of nitrogens with zero attached hydrogens (tertiary/aromatic N) is 3. The predicted molar refractivity (Wildman–Crippen MR) is 167 cm³/mol. The fourth-order valence-electron chi connectivity index (χ4n) is 5.60. The standard InChI is InChI=1S/C33H31ClN6O2/c1-19-15-29-31(37-14-13-36-29)32(38-19)39-27-8-4-5-24(20(27)2)25-6-3-7-26(30(25)34)28-12-10-22(33(42)40-28)18-35-17-21-9-11-23(41)16-21/h3-8,10,12-15,21,35H,9,11,16-18H2,1-2H3,(H,38,39)(H,40,42)/t21-/m1/s1. The van der Waals surface area contributed by atoms with Crippen LogP contribution < -0.4 is 16.2 Å². The van der Waals surface area contributed by atoms with Gasteiger partial charge in [0.05, 0.1) is 10.5 Å². The molecule has 0 unspecified atom stereocenters. The lowest BCUT2D eigenvalue weighted by molar-refractivity contribution is -0.117. The van der Waals surface area contributed by atoms with Gasteiger partial charge in [0.2, 0.25) is 0 Å². The van der Waals surface area contributed by atoms with Crippen LogP contribution in [-0.2, 0) is 11.3 Å². The van der Waals surface area contributed by atoms with Crippen LogP contribution in [0.25, 0.3) is 33.4 Å². The molecule has 3 heterocycles. The van der Waals surface area contributed by atoms with Crippen molar-refractivity contribution in [3.63, 3.8) is 0 Å². The SMILES string of the molecule is Cc1cc2nccnc2c(Nc2cccc(-c3cccc(-c4ccc(CNC[C@@H]5CCC(=O)C5)c(=O)[nH]4)c3Cl)c2C)n1. The lowest BCUT2D eigenvalue weighted by atomic mass is 9.96. The number of fused-ring (bicyclic) bond motifs is 1. The number of aromatic nitrogens is 4. The Balaban J connectivity index is 1.26. The van der Waals surface area contributed by atoms with E-state index in [0.717, 1.165) is 52.1 Å². The van der Waals surface area contributed by atoms with Gasteiger partial charge < -0.3 is 15.6 Å². The van der Waals surface area contributed by atoms with Gasteiger partial charge in [-0.2, -0.15) is 0 Å². The summed E-state index contributed by atoms with van der Waals surface area (Å²) < 4.78 is 0. The molecule has 3 aromatic heterocycles. The fourth-order valence-corrected chi connectivity index (χ4v) is 5.93. The van der Waals surface area contributed by atoms with Crippen molar-refractivity contribution in [3.05, 3.63) is 99.2 Å². The molecule has 1 fully saturated rings. The smallest absolute Gasteiger partial charge is 0.252 e.